The molecule has 7 heteroatoms. The molecule has 0 spiro atoms. The number of guanidine groups is 1. The Bertz CT molecular complexity index is 459. The van der Waals surface area contributed by atoms with Crippen LogP contribution in [0.1, 0.15) is 64.7 Å². The van der Waals surface area contributed by atoms with Gasteiger partial charge in [0.15, 0.2) is 5.96 Å². The largest absolute Gasteiger partial charge is 0.469 e. The lowest BCUT2D eigenvalue weighted by Crippen LogP contribution is -2.47. The molecule has 0 aromatic carbocycles. The second-order valence-corrected chi connectivity index (χ2v) is 7.63. The van der Waals surface area contributed by atoms with Crippen molar-refractivity contribution in [2.24, 2.45) is 4.99 Å². The fourth-order valence-corrected chi connectivity index (χ4v) is 3.69. The summed E-state index contributed by atoms with van der Waals surface area (Å²) in [7, 11) is 1.44. The van der Waals surface area contributed by atoms with Crippen molar-refractivity contribution < 1.29 is 19.0 Å². The molecule has 0 radical (unpaired) electrons. The number of unbranched alkanes of at least 4 members (excludes halogenated alkanes) is 2. The quantitative estimate of drug-likeness (QED) is 0.264. The lowest BCUT2D eigenvalue weighted by Gasteiger charge is -2.35. The summed E-state index contributed by atoms with van der Waals surface area (Å²) < 4.78 is 16.5. The SMILES string of the molecule is CCNC(=NCCCCCC(=O)OC)N1CCC(OCC2CCCCO2)CC1. The molecule has 2 heterocycles. The van der Waals surface area contributed by atoms with Gasteiger partial charge in [0.1, 0.15) is 0 Å². The van der Waals surface area contributed by atoms with E-state index in [0.29, 0.717) is 18.6 Å². The van der Waals surface area contributed by atoms with Crippen molar-refractivity contribution in [3.8, 4) is 0 Å². The molecule has 0 amide bonds. The first-order chi connectivity index (χ1) is 13.7. The van der Waals surface area contributed by atoms with Crippen molar-refractivity contribution in [1.82, 2.24) is 10.2 Å². The summed E-state index contributed by atoms with van der Waals surface area (Å²) in [6.45, 7) is 7.35. The number of likely N-dealkylation sites (tertiary alicyclic amines) is 1. The van der Waals surface area contributed by atoms with Gasteiger partial charge in [-0.25, -0.2) is 0 Å². The molecular formula is C21H39N3O4. The molecule has 0 aromatic heterocycles. The number of ether oxygens (including phenoxy) is 3. The molecule has 0 aromatic rings. The molecule has 2 saturated heterocycles. The molecule has 28 heavy (non-hydrogen) atoms. The summed E-state index contributed by atoms with van der Waals surface area (Å²) in [4.78, 5) is 18.2. The average molecular weight is 398 g/mol. The standard InChI is InChI=1S/C21H39N3O4/c1-3-22-21(23-13-7-4-5-10-20(25)26-2)24-14-11-18(12-15-24)28-17-19-9-6-8-16-27-19/h18-19H,3-17H2,1-2H3,(H,22,23). The highest BCUT2D eigenvalue weighted by Gasteiger charge is 2.23. The van der Waals surface area contributed by atoms with Crippen LogP contribution in [0.25, 0.3) is 0 Å². The summed E-state index contributed by atoms with van der Waals surface area (Å²) in [5, 5.41) is 3.41. The number of hydrogen-bond acceptors (Lipinski definition) is 5. The maximum Gasteiger partial charge on any atom is 0.305 e. The van der Waals surface area contributed by atoms with Gasteiger partial charge in [-0.2, -0.15) is 0 Å². The van der Waals surface area contributed by atoms with Crippen LogP contribution >= 0.6 is 0 Å². The molecule has 162 valence electrons. The molecule has 1 N–H and O–H groups in total. The van der Waals surface area contributed by atoms with E-state index in [1.807, 2.05) is 0 Å². The predicted octanol–water partition coefficient (Wildman–Crippen LogP) is 2.74. The smallest absolute Gasteiger partial charge is 0.305 e. The Balaban J connectivity index is 1.64. The Kier molecular flexibility index (Phi) is 11.3. The van der Waals surface area contributed by atoms with E-state index >= 15 is 0 Å². The monoisotopic (exact) mass is 397 g/mol. The molecule has 0 bridgehead atoms. The van der Waals surface area contributed by atoms with Crippen LogP contribution in [0.4, 0.5) is 0 Å². The highest BCUT2D eigenvalue weighted by molar-refractivity contribution is 5.80. The van der Waals surface area contributed by atoms with Crippen molar-refractivity contribution >= 4 is 11.9 Å². The van der Waals surface area contributed by atoms with Gasteiger partial charge in [0, 0.05) is 39.2 Å². The zero-order chi connectivity index (χ0) is 20.0. The zero-order valence-electron chi connectivity index (χ0n) is 17.8. The van der Waals surface area contributed by atoms with E-state index < -0.39 is 0 Å². The van der Waals surface area contributed by atoms with Gasteiger partial charge in [0.2, 0.25) is 0 Å². The third-order valence-electron chi connectivity index (χ3n) is 5.40. The fourth-order valence-electron chi connectivity index (χ4n) is 3.69. The van der Waals surface area contributed by atoms with Gasteiger partial charge in [-0.15, -0.1) is 0 Å². The first kappa shape index (κ1) is 22.9. The van der Waals surface area contributed by atoms with E-state index in [4.69, 9.17) is 14.5 Å². The Labute approximate surface area is 170 Å². The van der Waals surface area contributed by atoms with Crippen LogP contribution in [0.3, 0.4) is 0 Å². The van der Waals surface area contributed by atoms with Gasteiger partial charge in [-0.05, 0) is 51.9 Å². The Morgan fingerprint density at radius 3 is 2.68 bits per heavy atom. The van der Waals surface area contributed by atoms with Gasteiger partial charge >= 0.3 is 5.97 Å². The summed E-state index contributed by atoms with van der Waals surface area (Å²) in [5.41, 5.74) is 0. The number of nitrogens with one attached hydrogen (secondary N) is 1. The number of rotatable bonds is 10. The predicted molar refractivity (Wildman–Crippen MR) is 111 cm³/mol. The fraction of sp³-hybridized carbons (Fsp3) is 0.905. The van der Waals surface area contributed by atoms with E-state index in [1.54, 1.807) is 0 Å². The number of esters is 1. The molecule has 7 nitrogen and oxygen atoms in total. The van der Waals surface area contributed by atoms with Crippen LogP contribution in [0.15, 0.2) is 4.99 Å². The molecule has 2 rings (SSSR count). The van der Waals surface area contributed by atoms with E-state index in [2.05, 4.69) is 21.9 Å². The minimum atomic E-state index is -0.128. The van der Waals surface area contributed by atoms with E-state index in [0.717, 1.165) is 83.9 Å². The second kappa shape index (κ2) is 13.8. The van der Waals surface area contributed by atoms with Crippen molar-refractivity contribution in [3.63, 3.8) is 0 Å². The lowest BCUT2D eigenvalue weighted by molar-refractivity contribution is -0.140. The van der Waals surface area contributed by atoms with Crippen molar-refractivity contribution in [1.29, 1.82) is 0 Å². The third-order valence-corrected chi connectivity index (χ3v) is 5.40. The second-order valence-electron chi connectivity index (χ2n) is 7.63. The summed E-state index contributed by atoms with van der Waals surface area (Å²) >= 11 is 0. The number of carbonyl (C=O) groups is 1. The number of hydrogen-bond donors (Lipinski definition) is 1. The van der Waals surface area contributed by atoms with Crippen molar-refractivity contribution in [3.05, 3.63) is 0 Å². The van der Waals surface area contributed by atoms with Gasteiger partial charge < -0.3 is 24.4 Å². The lowest BCUT2D eigenvalue weighted by atomic mass is 10.1. The third kappa shape index (κ3) is 8.78. The highest BCUT2D eigenvalue weighted by Crippen LogP contribution is 2.18. The molecule has 1 atom stereocenters. The van der Waals surface area contributed by atoms with Crippen LogP contribution < -0.4 is 5.32 Å². The Hall–Kier alpha value is -1.34. The highest BCUT2D eigenvalue weighted by atomic mass is 16.5. The van der Waals surface area contributed by atoms with Gasteiger partial charge in [0.25, 0.3) is 0 Å². The maximum absolute atomic E-state index is 11.1. The molecular weight excluding hydrogens is 358 g/mol. The molecule has 1 unspecified atom stereocenters. The average Bonchev–Trinajstić information content (AvgIpc) is 2.74. The van der Waals surface area contributed by atoms with Crippen LogP contribution in [0.2, 0.25) is 0 Å². The summed E-state index contributed by atoms with van der Waals surface area (Å²) in [5.74, 6) is 0.876. The molecule has 2 fully saturated rings. The first-order valence-electron chi connectivity index (χ1n) is 11.1. The van der Waals surface area contributed by atoms with E-state index in [-0.39, 0.29) is 5.97 Å². The van der Waals surface area contributed by atoms with Gasteiger partial charge in [-0.3, -0.25) is 9.79 Å². The van der Waals surface area contributed by atoms with Crippen LogP contribution in [-0.4, -0.2) is 75.5 Å². The minimum absolute atomic E-state index is 0.128. The molecule has 0 aliphatic carbocycles. The number of methoxy groups -OCH3 is 1. The Morgan fingerprint density at radius 1 is 1.18 bits per heavy atom. The summed E-state index contributed by atoms with van der Waals surface area (Å²) in [6.07, 6.45) is 9.65. The minimum Gasteiger partial charge on any atom is -0.469 e. The van der Waals surface area contributed by atoms with E-state index in [9.17, 15) is 4.79 Å². The number of piperidine rings is 1. The number of aliphatic imine (C=N–C) groups is 1. The Morgan fingerprint density at radius 2 is 2.00 bits per heavy atom. The zero-order valence-corrected chi connectivity index (χ0v) is 17.8. The van der Waals surface area contributed by atoms with Crippen molar-refractivity contribution in [2.45, 2.75) is 76.9 Å². The summed E-state index contributed by atoms with van der Waals surface area (Å²) in [6, 6.07) is 0. The van der Waals surface area contributed by atoms with Crippen LogP contribution in [0, 0.1) is 0 Å². The normalized spacial score (nSPS) is 21.6. The number of nitrogens with zero attached hydrogens (tertiary/aromatic N) is 2. The first-order valence-corrected chi connectivity index (χ1v) is 11.1. The van der Waals surface area contributed by atoms with Gasteiger partial charge in [0.05, 0.1) is 25.9 Å². The molecule has 0 saturated carbocycles. The maximum atomic E-state index is 11.1. The van der Waals surface area contributed by atoms with Crippen LogP contribution in [-0.2, 0) is 19.0 Å². The number of carbonyl (C=O) groups excluding carboxylic acids is 1. The molecule has 2 aliphatic heterocycles. The van der Waals surface area contributed by atoms with Gasteiger partial charge in [-0.1, -0.05) is 6.42 Å². The van der Waals surface area contributed by atoms with E-state index in [1.165, 1.54) is 20.0 Å². The molecule has 2 aliphatic rings. The van der Waals surface area contributed by atoms with Crippen molar-refractivity contribution in [2.75, 3.05) is 46.5 Å². The topological polar surface area (TPSA) is 72.4 Å². The van der Waals surface area contributed by atoms with Crippen LogP contribution in [0.5, 0.6) is 0 Å².